The molecule has 158 valence electrons. The second-order valence-electron chi connectivity index (χ2n) is 6.92. The van der Waals surface area contributed by atoms with Crippen molar-refractivity contribution in [1.29, 1.82) is 0 Å². The van der Waals surface area contributed by atoms with Gasteiger partial charge >= 0.3 is 0 Å². The number of aliphatic imine (C=N–C) groups is 1. The number of benzene rings is 2. The van der Waals surface area contributed by atoms with E-state index in [0.717, 1.165) is 16.9 Å². The Morgan fingerprint density at radius 3 is 2.55 bits per heavy atom. The Morgan fingerprint density at radius 2 is 1.90 bits per heavy atom. The smallest absolute Gasteiger partial charge is 0.264 e. The van der Waals surface area contributed by atoms with Crippen LogP contribution in [0.5, 0.6) is 5.75 Å². The lowest BCUT2D eigenvalue weighted by molar-refractivity contribution is -0.131. The molecule has 1 fully saturated rings. The maximum atomic E-state index is 12.4. The van der Waals surface area contributed by atoms with E-state index < -0.39 is 4.87 Å². The van der Waals surface area contributed by atoms with Crippen LogP contribution in [0.1, 0.15) is 25.0 Å². The van der Waals surface area contributed by atoms with Gasteiger partial charge in [-0.25, -0.2) is 5.01 Å². The monoisotopic (exact) mass is 452 g/mol. The number of amidine groups is 2. The Hall–Kier alpha value is -3.04. The van der Waals surface area contributed by atoms with Crippen molar-refractivity contribution in [1.82, 2.24) is 10.3 Å². The lowest BCUT2D eigenvalue weighted by Gasteiger charge is -2.30. The third-order valence-corrected chi connectivity index (χ3v) is 6.82. The summed E-state index contributed by atoms with van der Waals surface area (Å²) in [6, 6.07) is 17.1. The van der Waals surface area contributed by atoms with E-state index in [9.17, 15) is 9.59 Å². The Balaban J connectivity index is 1.56. The predicted octanol–water partition coefficient (Wildman–Crippen LogP) is 3.99. The highest BCUT2D eigenvalue weighted by Crippen LogP contribution is 2.46. The predicted molar refractivity (Wildman–Crippen MR) is 125 cm³/mol. The van der Waals surface area contributed by atoms with Gasteiger partial charge in [0.1, 0.15) is 10.6 Å². The average Bonchev–Trinajstić information content (AvgIpc) is 3.29. The molecule has 2 aliphatic rings. The summed E-state index contributed by atoms with van der Waals surface area (Å²) in [5.41, 5.74) is 1.82. The lowest BCUT2D eigenvalue weighted by atomic mass is 10.1. The molecule has 0 spiro atoms. The second kappa shape index (κ2) is 8.60. The van der Waals surface area contributed by atoms with E-state index >= 15 is 0 Å². The maximum absolute atomic E-state index is 12.4. The highest BCUT2D eigenvalue weighted by atomic mass is 32.2. The first kappa shape index (κ1) is 21.2. The van der Waals surface area contributed by atoms with Crippen molar-refractivity contribution in [3.8, 4) is 5.75 Å². The number of nitrogens with zero attached hydrogens (tertiary/aromatic N) is 3. The first-order valence-corrected chi connectivity index (χ1v) is 11.1. The molecule has 0 bridgehead atoms. The first-order valence-electron chi connectivity index (χ1n) is 9.46. The first-order chi connectivity index (χ1) is 14.9. The van der Waals surface area contributed by atoms with E-state index in [1.54, 1.807) is 13.2 Å². The highest BCUT2D eigenvalue weighted by molar-refractivity contribution is 8.19. The number of rotatable bonds is 3. The van der Waals surface area contributed by atoms with Crippen LogP contribution in [0.3, 0.4) is 0 Å². The van der Waals surface area contributed by atoms with Crippen LogP contribution in [0.25, 0.3) is 6.08 Å². The Labute approximate surface area is 188 Å². The summed E-state index contributed by atoms with van der Waals surface area (Å²) in [6.07, 6.45) is 1.79. The quantitative estimate of drug-likeness (QED) is 0.712. The van der Waals surface area contributed by atoms with Gasteiger partial charge in [-0.05, 0) is 59.8 Å². The molecular formula is C22H20N4O3S2. The molecule has 2 aromatic carbocycles. The van der Waals surface area contributed by atoms with Crippen molar-refractivity contribution >= 4 is 51.7 Å². The maximum Gasteiger partial charge on any atom is 0.264 e. The zero-order chi connectivity index (χ0) is 22.0. The summed E-state index contributed by atoms with van der Waals surface area (Å²) in [5.74, 6) is 0.343. The molecule has 31 heavy (non-hydrogen) atoms. The summed E-state index contributed by atoms with van der Waals surface area (Å²) in [4.78, 5) is 29.0. The zero-order valence-corrected chi connectivity index (χ0v) is 18.8. The van der Waals surface area contributed by atoms with Crippen molar-refractivity contribution in [3.63, 3.8) is 0 Å². The molecule has 2 aromatic rings. The number of ether oxygens (including phenoxy) is 1. The summed E-state index contributed by atoms with van der Waals surface area (Å²) in [5, 5.41) is 9.45. The van der Waals surface area contributed by atoms with E-state index in [2.05, 4.69) is 15.4 Å². The van der Waals surface area contributed by atoms with Crippen molar-refractivity contribution < 1.29 is 14.3 Å². The van der Waals surface area contributed by atoms with Gasteiger partial charge in [-0.2, -0.15) is 4.99 Å². The molecule has 7 nitrogen and oxygen atoms in total. The van der Waals surface area contributed by atoms with Crippen LogP contribution in [0, 0.1) is 0 Å². The zero-order valence-electron chi connectivity index (χ0n) is 17.2. The topological polar surface area (TPSA) is 83.4 Å². The van der Waals surface area contributed by atoms with Gasteiger partial charge in [0.2, 0.25) is 11.1 Å². The number of thioether (sulfide) groups is 2. The number of hydrogen-bond acceptors (Lipinski definition) is 7. The number of carbonyl (C=O) groups excluding carboxylic acids is 2. The van der Waals surface area contributed by atoms with Gasteiger partial charge in [-0.15, -0.1) is 5.10 Å². The fraction of sp³-hybridized carbons (Fsp3) is 0.182. The molecule has 0 radical (unpaired) electrons. The molecule has 0 aliphatic carbocycles. The van der Waals surface area contributed by atoms with E-state index in [1.807, 2.05) is 61.5 Å². The summed E-state index contributed by atoms with van der Waals surface area (Å²) < 4.78 is 5.16. The number of hydrogen-bond donors (Lipinski definition) is 1. The third kappa shape index (κ3) is 4.38. The number of nitrogens with one attached hydrogen (secondary N) is 1. The van der Waals surface area contributed by atoms with Crippen LogP contribution >= 0.6 is 23.5 Å². The van der Waals surface area contributed by atoms with Crippen molar-refractivity contribution in [2.75, 3.05) is 7.11 Å². The van der Waals surface area contributed by atoms with E-state index in [4.69, 9.17) is 4.74 Å². The molecule has 1 N–H and O–H groups in total. The molecule has 9 heteroatoms. The molecule has 1 saturated heterocycles. The fourth-order valence-electron chi connectivity index (χ4n) is 3.19. The van der Waals surface area contributed by atoms with Crippen LogP contribution in [-0.2, 0) is 14.5 Å². The SMILES string of the molecule is COc1ccc(/C=C2\SC(=NC3=NN(C(C)=O)C(C)(c4ccccc4)S3)NC2=O)cc1. The van der Waals surface area contributed by atoms with Crippen LogP contribution in [0.15, 0.2) is 69.6 Å². The van der Waals surface area contributed by atoms with Crippen LogP contribution in [0.2, 0.25) is 0 Å². The molecule has 4 rings (SSSR count). The van der Waals surface area contributed by atoms with E-state index in [1.165, 1.54) is 35.5 Å². The molecule has 2 heterocycles. The number of hydrazone groups is 1. The van der Waals surface area contributed by atoms with Crippen LogP contribution in [0.4, 0.5) is 0 Å². The highest BCUT2D eigenvalue weighted by Gasteiger charge is 2.44. The van der Waals surface area contributed by atoms with Gasteiger partial charge in [0, 0.05) is 6.92 Å². The lowest BCUT2D eigenvalue weighted by Crippen LogP contribution is -2.37. The summed E-state index contributed by atoms with van der Waals surface area (Å²) >= 11 is 2.61. The summed E-state index contributed by atoms with van der Waals surface area (Å²) in [6.45, 7) is 3.41. The van der Waals surface area contributed by atoms with Gasteiger partial charge in [0.15, 0.2) is 5.17 Å². The fourth-order valence-corrected chi connectivity index (χ4v) is 5.19. The second-order valence-corrected chi connectivity index (χ2v) is 9.31. The van der Waals surface area contributed by atoms with Crippen LogP contribution in [-0.4, -0.2) is 34.3 Å². The molecule has 0 aromatic heterocycles. The minimum absolute atomic E-state index is 0.183. The Bertz CT molecular complexity index is 1110. The molecule has 2 amide bonds. The Kier molecular flexibility index (Phi) is 5.88. The van der Waals surface area contributed by atoms with Crippen molar-refractivity contribution in [3.05, 3.63) is 70.6 Å². The standard InChI is InChI=1S/C22H20N4O3S2/c1-14(27)26-22(2,16-7-5-4-6-8-16)31-21(25-26)24-20-23-19(28)18(30-20)13-15-9-11-17(29-3)12-10-15/h4-13H,1-3H3,(H,23,24,25,28)/b18-13-. The third-order valence-electron chi connectivity index (χ3n) is 4.75. The normalized spacial score (nSPS) is 23.3. The van der Waals surface area contributed by atoms with Gasteiger partial charge in [-0.1, -0.05) is 42.5 Å². The van der Waals surface area contributed by atoms with E-state index in [-0.39, 0.29) is 11.8 Å². The van der Waals surface area contributed by atoms with Crippen LogP contribution < -0.4 is 10.1 Å². The van der Waals surface area contributed by atoms with E-state index in [0.29, 0.717) is 15.2 Å². The number of methoxy groups -OCH3 is 1. The van der Waals surface area contributed by atoms with Crippen molar-refractivity contribution in [2.24, 2.45) is 10.1 Å². The minimum Gasteiger partial charge on any atom is -0.497 e. The van der Waals surface area contributed by atoms with Gasteiger partial charge in [0.25, 0.3) is 5.91 Å². The number of carbonyl (C=O) groups is 2. The molecule has 0 saturated carbocycles. The summed E-state index contributed by atoms with van der Waals surface area (Å²) in [7, 11) is 1.61. The molecule has 1 unspecified atom stereocenters. The van der Waals surface area contributed by atoms with Gasteiger partial charge in [-0.3, -0.25) is 9.59 Å². The van der Waals surface area contributed by atoms with Gasteiger partial charge < -0.3 is 10.1 Å². The minimum atomic E-state index is -0.707. The molecular weight excluding hydrogens is 432 g/mol. The average molecular weight is 453 g/mol. The molecule has 1 atom stereocenters. The van der Waals surface area contributed by atoms with Crippen molar-refractivity contribution in [2.45, 2.75) is 18.7 Å². The number of amides is 2. The molecule has 2 aliphatic heterocycles. The largest absolute Gasteiger partial charge is 0.497 e. The Morgan fingerprint density at radius 1 is 1.19 bits per heavy atom. The van der Waals surface area contributed by atoms with Gasteiger partial charge in [0.05, 0.1) is 12.0 Å².